The second kappa shape index (κ2) is 6.27. The van der Waals surface area contributed by atoms with Crippen molar-refractivity contribution in [2.75, 3.05) is 6.54 Å². The van der Waals surface area contributed by atoms with E-state index in [0.29, 0.717) is 24.4 Å². The normalized spacial score (nSPS) is 14.1. The Bertz CT molecular complexity index is 929. The zero-order valence-corrected chi connectivity index (χ0v) is 14.4. The average molecular weight is 340 g/mol. The predicted octanol–water partition coefficient (Wildman–Crippen LogP) is 1.99. The molecule has 130 valence electrons. The van der Waals surface area contributed by atoms with Gasteiger partial charge in [0.25, 0.3) is 11.6 Å². The van der Waals surface area contributed by atoms with Crippen molar-refractivity contribution in [2.45, 2.75) is 46.2 Å². The van der Waals surface area contributed by atoms with Crippen molar-refractivity contribution < 1.29 is 9.32 Å². The summed E-state index contributed by atoms with van der Waals surface area (Å²) in [5.74, 6) is 1.76. The van der Waals surface area contributed by atoms with Gasteiger partial charge in [-0.3, -0.25) is 4.79 Å². The van der Waals surface area contributed by atoms with Crippen molar-refractivity contribution in [1.29, 1.82) is 0 Å². The van der Waals surface area contributed by atoms with E-state index in [2.05, 4.69) is 38.8 Å². The third-order valence-electron chi connectivity index (χ3n) is 4.57. The highest BCUT2D eigenvalue weighted by atomic mass is 16.5. The largest absolute Gasteiger partial charge is 0.336 e. The van der Waals surface area contributed by atoms with Crippen LogP contribution in [0.3, 0.4) is 0 Å². The van der Waals surface area contributed by atoms with E-state index in [4.69, 9.17) is 4.52 Å². The molecule has 0 saturated heterocycles. The van der Waals surface area contributed by atoms with Gasteiger partial charge in [0.2, 0.25) is 0 Å². The van der Waals surface area contributed by atoms with E-state index in [1.807, 2.05) is 6.07 Å². The molecule has 25 heavy (non-hydrogen) atoms. The maximum atomic E-state index is 12.9. The highest BCUT2D eigenvalue weighted by molar-refractivity contribution is 5.97. The van der Waals surface area contributed by atoms with Gasteiger partial charge in [0, 0.05) is 25.7 Å². The zero-order valence-electron chi connectivity index (χ0n) is 14.4. The summed E-state index contributed by atoms with van der Waals surface area (Å²) in [6.45, 7) is 5.97. The summed E-state index contributed by atoms with van der Waals surface area (Å²) in [5, 5.41) is 13.3. The van der Waals surface area contributed by atoms with Crippen LogP contribution in [-0.4, -0.2) is 42.3 Å². The monoisotopic (exact) mass is 340 g/mol. The summed E-state index contributed by atoms with van der Waals surface area (Å²) in [5.41, 5.74) is 1.88. The molecule has 0 radical (unpaired) electrons. The highest BCUT2D eigenvalue weighted by Gasteiger charge is 2.25. The minimum Gasteiger partial charge on any atom is -0.336 e. The summed E-state index contributed by atoms with van der Waals surface area (Å²) < 4.78 is 7.34. The predicted molar refractivity (Wildman–Crippen MR) is 89.9 cm³/mol. The lowest BCUT2D eigenvalue weighted by Gasteiger charge is -2.27. The van der Waals surface area contributed by atoms with Gasteiger partial charge in [-0.25, -0.2) is 4.98 Å². The van der Waals surface area contributed by atoms with Crippen molar-refractivity contribution >= 4 is 17.0 Å². The molecule has 0 unspecified atom stereocenters. The standard InChI is InChI=1S/C17H20N6O2/c1-3-5-13-12-8-11(9-18-16(12)25-21-13)17(24)22-6-7-23-14(4-2)19-20-15(23)10-22/h8-9H,3-7,10H2,1-2H3. The van der Waals surface area contributed by atoms with Gasteiger partial charge in [0.05, 0.1) is 23.2 Å². The number of aromatic nitrogens is 5. The van der Waals surface area contributed by atoms with Crippen LogP contribution in [0.1, 0.15) is 48.0 Å². The Hall–Kier alpha value is -2.77. The highest BCUT2D eigenvalue weighted by Crippen LogP contribution is 2.21. The number of nitrogens with zero attached hydrogens (tertiary/aromatic N) is 6. The van der Waals surface area contributed by atoms with Crippen LogP contribution >= 0.6 is 0 Å². The number of carbonyl (C=O) groups is 1. The van der Waals surface area contributed by atoms with Crippen molar-refractivity contribution in [3.8, 4) is 0 Å². The molecule has 0 aromatic carbocycles. The maximum absolute atomic E-state index is 12.9. The van der Waals surface area contributed by atoms with Crippen LogP contribution in [0.5, 0.6) is 0 Å². The van der Waals surface area contributed by atoms with Crippen LogP contribution < -0.4 is 0 Å². The third kappa shape index (κ3) is 2.67. The Balaban J connectivity index is 1.60. The molecule has 0 fully saturated rings. The maximum Gasteiger partial charge on any atom is 0.257 e. The fourth-order valence-electron chi connectivity index (χ4n) is 3.25. The average Bonchev–Trinajstić information content (AvgIpc) is 3.24. The fraction of sp³-hybridized carbons (Fsp3) is 0.471. The molecule has 4 rings (SSSR count). The van der Waals surface area contributed by atoms with Crippen LogP contribution in [0.25, 0.3) is 11.1 Å². The Morgan fingerprint density at radius 3 is 2.96 bits per heavy atom. The number of carbonyl (C=O) groups excluding carboxylic acids is 1. The lowest BCUT2D eigenvalue weighted by atomic mass is 10.1. The number of amides is 1. The first-order chi connectivity index (χ1) is 12.2. The van der Waals surface area contributed by atoms with Crippen molar-refractivity contribution in [1.82, 2.24) is 29.8 Å². The van der Waals surface area contributed by atoms with Gasteiger partial charge in [-0.05, 0) is 12.5 Å². The van der Waals surface area contributed by atoms with Gasteiger partial charge in [-0.15, -0.1) is 10.2 Å². The number of aryl methyl sites for hydroxylation is 2. The number of hydrogen-bond donors (Lipinski definition) is 0. The van der Waals surface area contributed by atoms with Crippen LogP contribution in [-0.2, 0) is 25.9 Å². The molecule has 3 aromatic rings. The van der Waals surface area contributed by atoms with E-state index in [0.717, 1.165) is 48.5 Å². The summed E-state index contributed by atoms with van der Waals surface area (Å²) in [7, 11) is 0. The summed E-state index contributed by atoms with van der Waals surface area (Å²) in [4.78, 5) is 18.9. The van der Waals surface area contributed by atoms with E-state index in [1.54, 1.807) is 11.1 Å². The number of hydrogen-bond acceptors (Lipinski definition) is 6. The Morgan fingerprint density at radius 2 is 2.16 bits per heavy atom. The topological polar surface area (TPSA) is 89.9 Å². The molecule has 1 aliphatic heterocycles. The molecule has 3 aromatic heterocycles. The lowest BCUT2D eigenvalue weighted by Crippen LogP contribution is -2.38. The van der Waals surface area contributed by atoms with Gasteiger partial charge in [-0.2, -0.15) is 0 Å². The minimum atomic E-state index is -0.0506. The second-order valence-electron chi connectivity index (χ2n) is 6.22. The molecule has 1 amide bonds. The van der Waals surface area contributed by atoms with Crippen molar-refractivity contribution in [2.24, 2.45) is 0 Å². The smallest absolute Gasteiger partial charge is 0.257 e. The van der Waals surface area contributed by atoms with Gasteiger partial charge in [0.1, 0.15) is 5.82 Å². The molecular formula is C17H20N6O2. The van der Waals surface area contributed by atoms with E-state index in [9.17, 15) is 4.79 Å². The summed E-state index contributed by atoms with van der Waals surface area (Å²) in [6, 6.07) is 1.84. The molecule has 8 nitrogen and oxygen atoms in total. The SMILES string of the molecule is CCCc1noc2ncc(C(=O)N3CCn4c(CC)nnc4C3)cc12. The quantitative estimate of drug-likeness (QED) is 0.721. The van der Waals surface area contributed by atoms with E-state index >= 15 is 0 Å². The third-order valence-corrected chi connectivity index (χ3v) is 4.57. The van der Waals surface area contributed by atoms with E-state index in [1.165, 1.54) is 0 Å². The van der Waals surface area contributed by atoms with E-state index in [-0.39, 0.29) is 5.91 Å². The molecule has 0 aliphatic carbocycles. The molecule has 0 N–H and O–H groups in total. The van der Waals surface area contributed by atoms with Crippen molar-refractivity contribution in [3.05, 3.63) is 35.2 Å². The Kier molecular flexibility index (Phi) is 3.95. The first-order valence-corrected chi connectivity index (χ1v) is 8.65. The Labute approximate surface area is 144 Å². The van der Waals surface area contributed by atoms with Crippen LogP contribution in [0.4, 0.5) is 0 Å². The molecule has 0 saturated carbocycles. The molecule has 0 atom stereocenters. The first-order valence-electron chi connectivity index (χ1n) is 8.65. The number of rotatable bonds is 4. The minimum absolute atomic E-state index is 0.0506. The second-order valence-corrected chi connectivity index (χ2v) is 6.22. The van der Waals surface area contributed by atoms with Gasteiger partial charge >= 0.3 is 0 Å². The van der Waals surface area contributed by atoms with Crippen LogP contribution in [0, 0.1) is 0 Å². The lowest BCUT2D eigenvalue weighted by molar-refractivity contribution is 0.0706. The molecule has 1 aliphatic rings. The summed E-state index contributed by atoms with van der Waals surface area (Å²) in [6.07, 6.45) is 4.16. The summed E-state index contributed by atoms with van der Waals surface area (Å²) >= 11 is 0. The molecule has 0 spiro atoms. The number of fused-ring (bicyclic) bond motifs is 2. The van der Waals surface area contributed by atoms with Crippen LogP contribution in [0.15, 0.2) is 16.8 Å². The van der Waals surface area contributed by atoms with Gasteiger partial charge in [-0.1, -0.05) is 25.4 Å². The molecule has 8 heteroatoms. The Morgan fingerprint density at radius 1 is 1.28 bits per heavy atom. The van der Waals surface area contributed by atoms with Gasteiger partial charge < -0.3 is 14.0 Å². The van der Waals surface area contributed by atoms with E-state index < -0.39 is 0 Å². The fourth-order valence-corrected chi connectivity index (χ4v) is 3.25. The zero-order chi connectivity index (χ0) is 17.4. The molecular weight excluding hydrogens is 320 g/mol. The molecule has 0 bridgehead atoms. The molecule has 4 heterocycles. The number of pyridine rings is 1. The van der Waals surface area contributed by atoms with Crippen molar-refractivity contribution in [3.63, 3.8) is 0 Å². The van der Waals surface area contributed by atoms with Gasteiger partial charge in [0.15, 0.2) is 5.82 Å². The first kappa shape index (κ1) is 15.7. The van der Waals surface area contributed by atoms with Crippen LogP contribution in [0.2, 0.25) is 0 Å².